The molecular formula is C21H24ClN3O2. The molecule has 1 aromatic heterocycles. The molecule has 0 radical (unpaired) electrons. The molecule has 1 atom stereocenters. The fourth-order valence-electron chi connectivity index (χ4n) is 2.92. The van der Waals surface area contributed by atoms with Gasteiger partial charge in [-0.1, -0.05) is 44.5 Å². The molecule has 0 aliphatic carbocycles. The Morgan fingerprint density at radius 3 is 2.48 bits per heavy atom. The van der Waals surface area contributed by atoms with Gasteiger partial charge in [-0.15, -0.1) is 0 Å². The number of benzene rings is 2. The lowest BCUT2D eigenvalue weighted by molar-refractivity contribution is 0.0951. The first kappa shape index (κ1) is 19.2. The maximum absolute atomic E-state index is 12.6. The quantitative estimate of drug-likeness (QED) is 0.693. The smallest absolute Gasteiger partial charge is 0.326 e. The highest BCUT2D eigenvalue weighted by molar-refractivity contribution is 6.30. The first-order valence-electron chi connectivity index (χ1n) is 8.94. The van der Waals surface area contributed by atoms with Crippen LogP contribution in [0.1, 0.15) is 49.7 Å². The summed E-state index contributed by atoms with van der Waals surface area (Å²) in [6.07, 6.45) is 0. The number of fused-ring (bicyclic) bond motifs is 1. The van der Waals surface area contributed by atoms with E-state index in [1.165, 1.54) is 0 Å². The average molecular weight is 386 g/mol. The van der Waals surface area contributed by atoms with Crippen LogP contribution in [0.4, 0.5) is 0 Å². The number of aromatic nitrogens is 2. The van der Waals surface area contributed by atoms with Crippen LogP contribution in [0.25, 0.3) is 11.0 Å². The number of imidazole rings is 1. The Labute approximate surface area is 163 Å². The zero-order valence-corrected chi connectivity index (χ0v) is 16.7. The Morgan fingerprint density at radius 1 is 1.19 bits per heavy atom. The molecule has 5 nitrogen and oxygen atoms in total. The van der Waals surface area contributed by atoms with Gasteiger partial charge in [-0.2, -0.15) is 0 Å². The number of halogens is 1. The van der Waals surface area contributed by atoms with Crippen LogP contribution in [0, 0.1) is 5.41 Å². The lowest BCUT2D eigenvalue weighted by atomic mass is 9.88. The van der Waals surface area contributed by atoms with E-state index in [-0.39, 0.29) is 23.1 Å². The second kappa shape index (κ2) is 7.24. The molecule has 2 aromatic carbocycles. The first-order chi connectivity index (χ1) is 12.7. The van der Waals surface area contributed by atoms with E-state index in [4.69, 9.17) is 11.6 Å². The number of H-pyrrole nitrogens is 1. The predicted molar refractivity (Wildman–Crippen MR) is 109 cm³/mol. The van der Waals surface area contributed by atoms with Gasteiger partial charge in [0.2, 0.25) is 0 Å². The van der Waals surface area contributed by atoms with Gasteiger partial charge in [0.05, 0.1) is 11.0 Å². The maximum Gasteiger partial charge on any atom is 0.326 e. The van der Waals surface area contributed by atoms with Crippen molar-refractivity contribution in [2.75, 3.05) is 0 Å². The minimum Gasteiger partial charge on any atom is -0.348 e. The van der Waals surface area contributed by atoms with Gasteiger partial charge in [-0.3, -0.25) is 9.36 Å². The van der Waals surface area contributed by atoms with Crippen LogP contribution >= 0.6 is 11.6 Å². The first-order valence-corrected chi connectivity index (χ1v) is 9.31. The van der Waals surface area contributed by atoms with E-state index >= 15 is 0 Å². The molecule has 2 N–H and O–H groups in total. The molecule has 3 aromatic rings. The fraction of sp³-hybridized carbons (Fsp3) is 0.333. The minimum absolute atomic E-state index is 0.0221. The number of amides is 1. The molecule has 0 fully saturated rings. The topological polar surface area (TPSA) is 66.9 Å². The third-order valence-corrected chi connectivity index (χ3v) is 5.24. The van der Waals surface area contributed by atoms with Crippen molar-refractivity contribution >= 4 is 28.5 Å². The maximum atomic E-state index is 12.6. The number of carbonyl (C=O) groups excluding carboxylic acids is 1. The molecule has 0 spiro atoms. The van der Waals surface area contributed by atoms with Crippen molar-refractivity contribution in [1.29, 1.82) is 0 Å². The molecule has 0 unspecified atom stereocenters. The summed E-state index contributed by atoms with van der Waals surface area (Å²) in [5.74, 6) is -0.185. The number of hydrogen-bond donors (Lipinski definition) is 2. The Kier molecular flexibility index (Phi) is 5.16. The van der Waals surface area contributed by atoms with Gasteiger partial charge in [0, 0.05) is 23.2 Å². The molecule has 6 heteroatoms. The SMILES string of the molecule is C[C@@H](n1c(=O)[nH]c2ccc(C(=O)NCc3ccc(Cl)cc3)cc21)C(C)(C)C. The molecule has 0 saturated carbocycles. The van der Waals surface area contributed by atoms with Crippen LogP contribution < -0.4 is 11.0 Å². The molecule has 3 rings (SSSR count). The highest BCUT2D eigenvalue weighted by Crippen LogP contribution is 2.31. The summed E-state index contributed by atoms with van der Waals surface area (Å²) in [5.41, 5.74) is 2.70. The fourth-order valence-corrected chi connectivity index (χ4v) is 3.05. The Morgan fingerprint density at radius 2 is 1.85 bits per heavy atom. The summed E-state index contributed by atoms with van der Waals surface area (Å²) in [6.45, 7) is 8.69. The van der Waals surface area contributed by atoms with E-state index in [1.54, 1.807) is 34.9 Å². The van der Waals surface area contributed by atoms with Crippen LogP contribution in [-0.4, -0.2) is 15.5 Å². The molecule has 1 amide bonds. The van der Waals surface area contributed by atoms with Gasteiger partial charge >= 0.3 is 5.69 Å². The second-order valence-corrected chi connectivity index (χ2v) is 8.32. The standard InChI is InChI=1S/C21H24ClN3O2/c1-13(21(2,3)4)25-18-11-15(7-10-17(18)24-20(25)27)19(26)23-12-14-5-8-16(22)9-6-14/h5-11,13H,12H2,1-4H3,(H,23,26)(H,24,27)/t13-/m1/s1. The van der Waals surface area contributed by atoms with Crippen LogP contribution in [0.3, 0.4) is 0 Å². The number of carbonyl (C=O) groups is 1. The van der Waals surface area contributed by atoms with Crippen molar-refractivity contribution in [2.45, 2.75) is 40.3 Å². The van der Waals surface area contributed by atoms with Gasteiger partial charge in [0.1, 0.15) is 0 Å². The summed E-state index contributed by atoms with van der Waals surface area (Å²) >= 11 is 5.88. The zero-order valence-electron chi connectivity index (χ0n) is 16.0. The molecule has 1 heterocycles. The zero-order chi connectivity index (χ0) is 19.8. The minimum atomic E-state index is -0.185. The highest BCUT2D eigenvalue weighted by atomic mass is 35.5. The lowest BCUT2D eigenvalue weighted by Gasteiger charge is -2.28. The van der Waals surface area contributed by atoms with E-state index < -0.39 is 0 Å². The van der Waals surface area contributed by atoms with Crippen LogP contribution in [-0.2, 0) is 6.54 Å². The second-order valence-electron chi connectivity index (χ2n) is 7.88. The summed E-state index contributed by atoms with van der Waals surface area (Å²) in [4.78, 5) is 27.9. The molecule has 0 aliphatic rings. The number of nitrogens with zero attached hydrogens (tertiary/aromatic N) is 1. The predicted octanol–water partition coefficient (Wildman–Crippen LogP) is 4.52. The van der Waals surface area contributed by atoms with Crippen LogP contribution in [0.15, 0.2) is 47.3 Å². The van der Waals surface area contributed by atoms with E-state index in [2.05, 4.69) is 31.1 Å². The average Bonchev–Trinajstić information content (AvgIpc) is 2.94. The summed E-state index contributed by atoms with van der Waals surface area (Å²) in [5, 5.41) is 3.57. The third kappa shape index (κ3) is 4.08. The normalized spacial score (nSPS) is 12.9. The van der Waals surface area contributed by atoms with Gasteiger partial charge in [0.15, 0.2) is 0 Å². The van der Waals surface area contributed by atoms with E-state index in [0.717, 1.165) is 16.6 Å². The van der Waals surface area contributed by atoms with Gasteiger partial charge in [-0.25, -0.2) is 4.79 Å². The number of rotatable bonds is 4. The van der Waals surface area contributed by atoms with Crippen LogP contribution in [0.5, 0.6) is 0 Å². The molecule has 0 bridgehead atoms. The molecule has 142 valence electrons. The van der Waals surface area contributed by atoms with Crippen molar-refractivity contribution in [3.63, 3.8) is 0 Å². The summed E-state index contributed by atoms with van der Waals surface area (Å²) in [6, 6.07) is 12.6. The number of nitrogens with one attached hydrogen (secondary N) is 2. The number of aromatic amines is 1. The Hall–Kier alpha value is -2.53. The monoisotopic (exact) mass is 385 g/mol. The van der Waals surface area contributed by atoms with Gasteiger partial charge in [0.25, 0.3) is 5.91 Å². The third-order valence-electron chi connectivity index (χ3n) is 4.99. The number of hydrogen-bond acceptors (Lipinski definition) is 2. The van der Waals surface area contributed by atoms with Crippen LogP contribution in [0.2, 0.25) is 5.02 Å². The Bertz CT molecular complexity index is 1030. The molecule has 0 saturated heterocycles. The van der Waals surface area contributed by atoms with Gasteiger partial charge in [-0.05, 0) is 48.2 Å². The lowest BCUT2D eigenvalue weighted by Crippen LogP contribution is -2.29. The highest BCUT2D eigenvalue weighted by Gasteiger charge is 2.25. The summed E-state index contributed by atoms with van der Waals surface area (Å²) in [7, 11) is 0. The molecular weight excluding hydrogens is 362 g/mol. The van der Waals surface area contributed by atoms with Crippen molar-refractivity contribution in [3.05, 3.63) is 69.1 Å². The van der Waals surface area contributed by atoms with E-state index in [1.807, 2.05) is 19.1 Å². The van der Waals surface area contributed by atoms with Crippen molar-refractivity contribution in [3.8, 4) is 0 Å². The Balaban J connectivity index is 1.88. The van der Waals surface area contributed by atoms with Crippen molar-refractivity contribution in [2.24, 2.45) is 5.41 Å². The van der Waals surface area contributed by atoms with E-state index in [9.17, 15) is 9.59 Å². The summed E-state index contributed by atoms with van der Waals surface area (Å²) < 4.78 is 1.73. The van der Waals surface area contributed by atoms with Crippen molar-refractivity contribution < 1.29 is 4.79 Å². The van der Waals surface area contributed by atoms with Crippen molar-refractivity contribution in [1.82, 2.24) is 14.9 Å². The van der Waals surface area contributed by atoms with E-state index in [0.29, 0.717) is 17.1 Å². The largest absolute Gasteiger partial charge is 0.348 e. The van der Waals surface area contributed by atoms with Gasteiger partial charge < -0.3 is 10.3 Å². The molecule has 0 aliphatic heterocycles. The molecule has 27 heavy (non-hydrogen) atoms.